The molecule has 0 unspecified atom stereocenters. The van der Waals surface area contributed by atoms with Gasteiger partial charge in [0.25, 0.3) is 5.69 Å². The summed E-state index contributed by atoms with van der Waals surface area (Å²) in [5.74, 6) is 0. The highest BCUT2D eigenvalue weighted by atomic mass is 35.5. The smallest absolute Gasteiger partial charge is 0.295 e. The fraction of sp³-hybridized carbons (Fsp3) is 0.273. The molecule has 0 saturated carbocycles. The Balaban J connectivity index is 2.37. The summed E-state index contributed by atoms with van der Waals surface area (Å²) >= 11 is 5.87. The van der Waals surface area contributed by atoms with E-state index in [1.54, 1.807) is 6.20 Å². The van der Waals surface area contributed by atoms with Crippen LogP contribution in [0.3, 0.4) is 0 Å². The Bertz CT molecular complexity index is 599. The maximum Gasteiger partial charge on any atom is 0.295 e. The van der Waals surface area contributed by atoms with Crippen LogP contribution >= 0.6 is 11.6 Å². The molecule has 0 aliphatic rings. The highest BCUT2D eigenvalue weighted by Gasteiger charge is 2.17. The lowest BCUT2D eigenvalue weighted by atomic mass is 10.2. The number of nitro benzene ring substituents is 1. The second kappa shape index (κ2) is 5.77. The molecule has 2 aromatic rings. The van der Waals surface area contributed by atoms with Crippen molar-refractivity contribution >= 4 is 17.3 Å². The number of halogens is 1. The number of nitrogens with one attached hydrogen (secondary N) is 1. The average molecular weight is 282 g/mol. The van der Waals surface area contributed by atoms with Gasteiger partial charge < -0.3 is 5.32 Å². The van der Waals surface area contributed by atoms with Crippen LogP contribution in [0.1, 0.15) is 12.6 Å². The second-order valence-electron chi connectivity index (χ2n) is 3.82. The summed E-state index contributed by atoms with van der Waals surface area (Å²) < 4.78 is 1.36. The van der Waals surface area contributed by atoms with E-state index in [9.17, 15) is 10.1 Å². The minimum Gasteiger partial charge on any atom is -0.311 e. The van der Waals surface area contributed by atoms with Gasteiger partial charge in [0.15, 0.2) is 0 Å². The Morgan fingerprint density at radius 3 is 3.00 bits per heavy atom. The van der Waals surface area contributed by atoms with E-state index in [0.717, 1.165) is 6.54 Å². The SMILES string of the molecule is CCNCc1cn(-c2cc(Cl)ccc2[N+](=O)[O-])nn1. The summed E-state index contributed by atoms with van der Waals surface area (Å²) in [6, 6.07) is 4.31. The van der Waals surface area contributed by atoms with Crippen molar-refractivity contribution in [1.82, 2.24) is 20.3 Å². The predicted octanol–water partition coefficient (Wildman–Crippen LogP) is 1.94. The molecule has 1 aromatic heterocycles. The molecule has 0 aliphatic carbocycles. The van der Waals surface area contributed by atoms with Crippen LogP contribution in [0, 0.1) is 10.1 Å². The minimum absolute atomic E-state index is 0.0655. The molecule has 1 aromatic carbocycles. The molecular formula is C11H12ClN5O2. The second-order valence-corrected chi connectivity index (χ2v) is 4.26. The zero-order valence-corrected chi connectivity index (χ0v) is 11.0. The molecule has 100 valence electrons. The molecule has 0 radical (unpaired) electrons. The lowest BCUT2D eigenvalue weighted by Crippen LogP contribution is -2.11. The van der Waals surface area contributed by atoms with Crippen molar-refractivity contribution in [3.05, 3.63) is 45.2 Å². The first-order chi connectivity index (χ1) is 9.11. The van der Waals surface area contributed by atoms with Crippen molar-refractivity contribution < 1.29 is 4.92 Å². The number of nitrogens with zero attached hydrogens (tertiary/aromatic N) is 4. The molecule has 0 aliphatic heterocycles. The Labute approximate surface area is 114 Å². The number of rotatable bonds is 5. The third kappa shape index (κ3) is 3.07. The third-order valence-corrected chi connectivity index (χ3v) is 2.71. The van der Waals surface area contributed by atoms with E-state index in [2.05, 4.69) is 15.6 Å². The molecule has 1 heterocycles. The summed E-state index contributed by atoms with van der Waals surface area (Å²) in [5.41, 5.74) is 0.938. The topological polar surface area (TPSA) is 85.9 Å². The van der Waals surface area contributed by atoms with E-state index in [-0.39, 0.29) is 5.69 Å². The van der Waals surface area contributed by atoms with Crippen molar-refractivity contribution in [2.24, 2.45) is 0 Å². The van der Waals surface area contributed by atoms with Gasteiger partial charge in [-0.3, -0.25) is 10.1 Å². The molecule has 7 nitrogen and oxygen atoms in total. The lowest BCUT2D eigenvalue weighted by Gasteiger charge is -2.02. The quantitative estimate of drug-likeness (QED) is 0.668. The van der Waals surface area contributed by atoms with Gasteiger partial charge in [0.1, 0.15) is 5.69 Å². The summed E-state index contributed by atoms with van der Waals surface area (Å²) in [5, 5.41) is 22.3. The number of nitro groups is 1. The van der Waals surface area contributed by atoms with E-state index in [0.29, 0.717) is 22.9 Å². The molecular weight excluding hydrogens is 270 g/mol. The molecule has 2 rings (SSSR count). The van der Waals surface area contributed by atoms with Gasteiger partial charge in [-0.1, -0.05) is 23.7 Å². The van der Waals surface area contributed by atoms with Crippen LogP contribution in [-0.4, -0.2) is 26.5 Å². The van der Waals surface area contributed by atoms with Crippen molar-refractivity contribution in [1.29, 1.82) is 0 Å². The number of hydrogen-bond donors (Lipinski definition) is 1. The van der Waals surface area contributed by atoms with Gasteiger partial charge in [0.05, 0.1) is 16.8 Å². The Morgan fingerprint density at radius 2 is 2.32 bits per heavy atom. The third-order valence-electron chi connectivity index (χ3n) is 2.48. The number of benzene rings is 1. The standard InChI is InChI=1S/C11H12ClN5O2/c1-2-13-6-9-7-16(15-14-9)11-5-8(12)3-4-10(11)17(18)19/h3-5,7,13H,2,6H2,1H3. The van der Waals surface area contributed by atoms with Crippen LogP contribution in [0.2, 0.25) is 5.02 Å². The van der Waals surface area contributed by atoms with E-state index in [1.807, 2.05) is 6.92 Å². The summed E-state index contributed by atoms with van der Waals surface area (Å²) in [7, 11) is 0. The first-order valence-electron chi connectivity index (χ1n) is 5.68. The van der Waals surface area contributed by atoms with Gasteiger partial charge in [-0.15, -0.1) is 5.10 Å². The molecule has 0 bridgehead atoms. The molecule has 0 fully saturated rings. The van der Waals surface area contributed by atoms with Gasteiger partial charge in [-0.2, -0.15) is 0 Å². The van der Waals surface area contributed by atoms with E-state index in [1.165, 1.54) is 22.9 Å². The van der Waals surface area contributed by atoms with Crippen molar-refractivity contribution in [3.8, 4) is 5.69 Å². The zero-order valence-electron chi connectivity index (χ0n) is 10.2. The molecule has 0 atom stereocenters. The van der Waals surface area contributed by atoms with Crippen LogP contribution in [0.5, 0.6) is 0 Å². The molecule has 0 amide bonds. The molecule has 0 spiro atoms. The van der Waals surface area contributed by atoms with Crippen molar-refractivity contribution in [3.63, 3.8) is 0 Å². The molecule has 1 N–H and O–H groups in total. The molecule has 19 heavy (non-hydrogen) atoms. The minimum atomic E-state index is -0.475. The van der Waals surface area contributed by atoms with E-state index in [4.69, 9.17) is 11.6 Å². The predicted molar refractivity (Wildman–Crippen MR) is 70.4 cm³/mol. The van der Waals surface area contributed by atoms with Crippen molar-refractivity contribution in [2.75, 3.05) is 6.54 Å². The van der Waals surface area contributed by atoms with Gasteiger partial charge in [-0.05, 0) is 18.7 Å². The Hall–Kier alpha value is -1.99. The maximum absolute atomic E-state index is 11.0. The van der Waals surface area contributed by atoms with E-state index < -0.39 is 4.92 Å². The Kier molecular flexibility index (Phi) is 4.08. The fourth-order valence-corrected chi connectivity index (χ4v) is 1.75. The van der Waals surface area contributed by atoms with Crippen LogP contribution < -0.4 is 5.32 Å². The largest absolute Gasteiger partial charge is 0.311 e. The van der Waals surface area contributed by atoms with Crippen LogP contribution in [0.4, 0.5) is 5.69 Å². The Morgan fingerprint density at radius 1 is 1.53 bits per heavy atom. The van der Waals surface area contributed by atoms with Gasteiger partial charge in [-0.25, -0.2) is 4.68 Å². The number of aromatic nitrogens is 3. The summed E-state index contributed by atoms with van der Waals surface area (Å²) in [4.78, 5) is 10.5. The monoisotopic (exact) mass is 281 g/mol. The highest BCUT2D eigenvalue weighted by molar-refractivity contribution is 6.30. The van der Waals surface area contributed by atoms with Crippen molar-refractivity contribution in [2.45, 2.75) is 13.5 Å². The maximum atomic E-state index is 11.0. The average Bonchev–Trinajstić information content (AvgIpc) is 2.84. The van der Waals surface area contributed by atoms with Crippen LogP contribution in [0.25, 0.3) is 5.69 Å². The first kappa shape index (κ1) is 13.4. The normalized spacial score (nSPS) is 10.6. The van der Waals surface area contributed by atoms with Gasteiger partial charge in [0, 0.05) is 17.6 Å². The van der Waals surface area contributed by atoms with E-state index >= 15 is 0 Å². The fourth-order valence-electron chi connectivity index (χ4n) is 1.58. The molecule has 0 saturated heterocycles. The highest BCUT2D eigenvalue weighted by Crippen LogP contribution is 2.25. The van der Waals surface area contributed by atoms with Gasteiger partial charge in [0.2, 0.25) is 0 Å². The first-order valence-corrected chi connectivity index (χ1v) is 6.06. The van der Waals surface area contributed by atoms with Crippen LogP contribution in [-0.2, 0) is 6.54 Å². The zero-order chi connectivity index (χ0) is 13.8. The summed E-state index contributed by atoms with van der Waals surface area (Å²) in [6.45, 7) is 3.35. The number of hydrogen-bond acceptors (Lipinski definition) is 5. The van der Waals surface area contributed by atoms with Crippen LogP contribution in [0.15, 0.2) is 24.4 Å². The van der Waals surface area contributed by atoms with Gasteiger partial charge >= 0.3 is 0 Å². The molecule has 8 heteroatoms. The lowest BCUT2D eigenvalue weighted by molar-refractivity contribution is -0.384. The summed E-state index contributed by atoms with van der Waals surface area (Å²) in [6.07, 6.45) is 1.64.